The molecule has 0 spiro atoms. The molecule has 6 nitrogen and oxygen atoms in total. The Bertz CT molecular complexity index is 830. The number of ether oxygens (including phenoxy) is 2. The van der Waals surface area contributed by atoms with Gasteiger partial charge in [0.05, 0.1) is 12.7 Å². The van der Waals surface area contributed by atoms with E-state index in [1.165, 1.54) is 19.2 Å². The lowest BCUT2D eigenvalue weighted by molar-refractivity contribution is 0.0472. The van der Waals surface area contributed by atoms with Crippen LogP contribution in [-0.2, 0) is 21.4 Å². The first-order valence-electron chi connectivity index (χ1n) is 6.75. The fourth-order valence-corrected chi connectivity index (χ4v) is 2.78. The van der Waals surface area contributed by atoms with E-state index in [9.17, 15) is 13.2 Å². The molecule has 23 heavy (non-hydrogen) atoms. The van der Waals surface area contributed by atoms with E-state index in [1.807, 2.05) is 31.2 Å². The first-order chi connectivity index (χ1) is 10.8. The molecule has 0 fully saturated rings. The van der Waals surface area contributed by atoms with Crippen molar-refractivity contribution in [2.45, 2.75) is 18.4 Å². The molecule has 2 N–H and O–H groups in total. The number of carbonyl (C=O) groups excluding carboxylic acids is 1. The summed E-state index contributed by atoms with van der Waals surface area (Å²) in [6.07, 6.45) is 0. The molecule has 122 valence electrons. The summed E-state index contributed by atoms with van der Waals surface area (Å²) in [6, 6.07) is 11.5. The van der Waals surface area contributed by atoms with Crippen molar-refractivity contribution in [2.24, 2.45) is 5.14 Å². The van der Waals surface area contributed by atoms with Crippen LogP contribution >= 0.6 is 0 Å². The predicted octanol–water partition coefficient (Wildman–Crippen LogP) is 2.01. The molecular formula is C16H17NO5S. The maximum absolute atomic E-state index is 12.1. The number of carbonyl (C=O) groups is 1. The van der Waals surface area contributed by atoms with Gasteiger partial charge in [0.15, 0.2) is 0 Å². The second kappa shape index (κ2) is 6.80. The molecule has 0 atom stereocenters. The van der Waals surface area contributed by atoms with Gasteiger partial charge in [0.2, 0.25) is 10.0 Å². The van der Waals surface area contributed by atoms with Crippen LogP contribution in [0.4, 0.5) is 0 Å². The minimum absolute atomic E-state index is 0.0720. The second-order valence-corrected chi connectivity index (χ2v) is 6.51. The van der Waals surface area contributed by atoms with E-state index in [1.54, 1.807) is 0 Å². The number of aryl methyl sites for hydroxylation is 1. The van der Waals surface area contributed by atoms with Crippen LogP contribution in [0.2, 0.25) is 0 Å². The summed E-state index contributed by atoms with van der Waals surface area (Å²) in [6.45, 7) is 2.03. The third-order valence-electron chi connectivity index (χ3n) is 3.16. The van der Waals surface area contributed by atoms with Crippen molar-refractivity contribution < 1.29 is 22.7 Å². The van der Waals surface area contributed by atoms with Crippen molar-refractivity contribution in [2.75, 3.05) is 7.11 Å². The normalized spacial score (nSPS) is 11.1. The molecule has 0 amide bonds. The minimum Gasteiger partial charge on any atom is -0.495 e. The number of hydrogen-bond acceptors (Lipinski definition) is 5. The molecule has 0 aliphatic carbocycles. The van der Waals surface area contributed by atoms with Gasteiger partial charge in [0, 0.05) is 0 Å². The van der Waals surface area contributed by atoms with Gasteiger partial charge in [-0.3, -0.25) is 0 Å². The van der Waals surface area contributed by atoms with Crippen molar-refractivity contribution in [1.29, 1.82) is 0 Å². The Hall–Kier alpha value is -2.38. The standard InChI is InChI=1S/C16H17NO5S/c1-11-4-3-5-12(8-11)10-22-16(18)13-6-7-14(21-2)15(9-13)23(17,19)20/h3-9H,10H2,1-2H3,(H2,17,19,20). The highest BCUT2D eigenvalue weighted by atomic mass is 32.2. The smallest absolute Gasteiger partial charge is 0.338 e. The molecule has 0 aromatic heterocycles. The summed E-state index contributed by atoms with van der Waals surface area (Å²) in [5.74, 6) is -0.568. The van der Waals surface area contributed by atoms with Gasteiger partial charge in [-0.05, 0) is 30.7 Å². The van der Waals surface area contributed by atoms with Gasteiger partial charge in [-0.15, -0.1) is 0 Å². The molecule has 0 saturated heterocycles. The Morgan fingerprint density at radius 2 is 1.91 bits per heavy atom. The molecule has 0 aliphatic rings. The zero-order valence-electron chi connectivity index (χ0n) is 12.8. The lowest BCUT2D eigenvalue weighted by atomic mass is 10.1. The summed E-state index contributed by atoms with van der Waals surface area (Å²) in [4.78, 5) is 11.8. The van der Waals surface area contributed by atoms with E-state index in [0.717, 1.165) is 17.2 Å². The number of rotatable bonds is 5. The molecule has 7 heteroatoms. The highest BCUT2D eigenvalue weighted by molar-refractivity contribution is 7.89. The highest BCUT2D eigenvalue weighted by Crippen LogP contribution is 2.24. The Morgan fingerprint density at radius 1 is 1.17 bits per heavy atom. The number of hydrogen-bond donors (Lipinski definition) is 1. The van der Waals surface area contributed by atoms with E-state index in [4.69, 9.17) is 14.6 Å². The highest BCUT2D eigenvalue weighted by Gasteiger charge is 2.18. The number of esters is 1. The molecular weight excluding hydrogens is 318 g/mol. The number of nitrogens with two attached hydrogens (primary N) is 1. The summed E-state index contributed by atoms with van der Waals surface area (Å²) in [7, 11) is -2.69. The molecule has 0 saturated carbocycles. The van der Waals surface area contributed by atoms with Crippen LogP contribution in [-0.4, -0.2) is 21.5 Å². The van der Waals surface area contributed by atoms with Gasteiger partial charge >= 0.3 is 5.97 Å². The Kier molecular flexibility index (Phi) is 5.02. The molecule has 0 bridgehead atoms. The van der Waals surface area contributed by atoms with Crippen molar-refractivity contribution in [3.8, 4) is 5.75 Å². The maximum Gasteiger partial charge on any atom is 0.338 e. The number of benzene rings is 2. The Labute approximate surface area is 134 Å². The summed E-state index contributed by atoms with van der Waals surface area (Å²) < 4.78 is 33.2. The van der Waals surface area contributed by atoms with Crippen molar-refractivity contribution in [3.05, 3.63) is 59.2 Å². The first kappa shape index (κ1) is 17.0. The summed E-state index contributed by atoms with van der Waals surface area (Å²) in [5.41, 5.74) is 1.99. The van der Waals surface area contributed by atoms with Crippen molar-refractivity contribution in [3.63, 3.8) is 0 Å². The van der Waals surface area contributed by atoms with Crippen LogP contribution in [0, 0.1) is 6.92 Å². The molecule has 2 aromatic carbocycles. The first-order valence-corrected chi connectivity index (χ1v) is 8.29. The summed E-state index contributed by atoms with van der Waals surface area (Å²) in [5, 5.41) is 5.12. The molecule has 0 radical (unpaired) electrons. The average Bonchev–Trinajstić information content (AvgIpc) is 2.51. The van der Waals surface area contributed by atoms with E-state index in [2.05, 4.69) is 0 Å². The number of primary sulfonamides is 1. The Balaban J connectivity index is 2.20. The number of sulfonamides is 1. The maximum atomic E-state index is 12.1. The van der Waals surface area contributed by atoms with Gasteiger partial charge in [0.25, 0.3) is 0 Å². The van der Waals surface area contributed by atoms with Gasteiger partial charge in [0.1, 0.15) is 17.3 Å². The van der Waals surface area contributed by atoms with Gasteiger partial charge in [-0.25, -0.2) is 18.4 Å². The fourth-order valence-electron chi connectivity index (χ4n) is 2.06. The lowest BCUT2D eigenvalue weighted by Crippen LogP contribution is -2.15. The minimum atomic E-state index is -4.01. The third-order valence-corrected chi connectivity index (χ3v) is 4.09. The Morgan fingerprint density at radius 3 is 2.52 bits per heavy atom. The van der Waals surface area contributed by atoms with Crippen LogP contribution < -0.4 is 9.88 Å². The van der Waals surface area contributed by atoms with Gasteiger partial charge in [-0.1, -0.05) is 29.8 Å². The predicted molar refractivity (Wildman–Crippen MR) is 84.7 cm³/mol. The van der Waals surface area contributed by atoms with Crippen LogP contribution in [0.5, 0.6) is 5.75 Å². The molecule has 2 rings (SSSR count). The summed E-state index contributed by atoms with van der Waals surface area (Å²) >= 11 is 0. The van der Waals surface area contributed by atoms with E-state index < -0.39 is 16.0 Å². The second-order valence-electron chi connectivity index (χ2n) is 4.98. The quantitative estimate of drug-likeness (QED) is 0.843. The van der Waals surface area contributed by atoms with Crippen LogP contribution in [0.15, 0.2) is 47.4 Å². The zero-order chi connectivity index (χ0) is 17.0. The SMILES string of the molecule is COc1ccc(C(=O)OCc2cccc(C)c2)cc1S(N)(=O)=O. The van der Waals surface area contributed by atoms with E-state index in [0.29, 0.717) is 0 Å². The average molecular weight is 335 g/mol. The topological polar surface area (TPSA) is 95.7 Å². The molecule has 2 aromatic rings. The lowest BCUT2D eigenvalue weighted by Gasteiger charge is -2.09. The van der Waals surface area contributed by atoms with E-state index >= 15 is 0 Å². The van der Waals surface area contributed by atoms with Crippen molar-refractivity contribution in [1.82, 2.24) is 0 Å². The molecule has 0 aliphatic heterocycles. The van der Waals surface area contributed by atoms with Gasteiger partial charge < -0.3 is 9.47 Å². The monoisotopic (exact) mass is 335 g/mol. The fraction of sp³-hybridized carbons (Fsp3) is 0.188. The van der Waals surface area contributed by atoms with Crippen LogP contribution in [0.1, 0.15) is 21.5 Å². The van der Waals surface area contributed by atoms with Crippen LogP contribution in [0.3, 0.4) is 0 Å². The molecule has 0 heterocycles. The van der Waals surface area contributed by atoms with Gasteiger partial charge in [-0.2, -0.15) is 0 Å². The van der Waals surface area contributed by atoms with Crippen molar-refractivity contribution >= 4 is 16.0 Å². The number of methoxy groups -OCH3 is 1. The largest absolute Gasteiger partial charge is 0.495 e. The zero-order valence-corrected chi connectivity index (χ0v) is 13.6. The third kappa shape index (κ3) is 4.30. The van der Waals surface area contributed by atoms with Crippen LogP contribution in [0.25, 0.3) is 0 Å². The molecule has 0 unspecified atom stereocenters. The van der Waals surface area contributed by atoms with E-state index in [-0.39, 0.29) is 22.8 Å².